The van der Waals surface area contributed by atoms with Crippen molar-refractivity contribution in [3.63, 3.8) is 0 Å². The first-order valence-electron chi connectivity index (χ1n) is 5.83. The molecule has 3 nitrogen and oxygen atoms in total. The van der Waals surface area contributed by atoms with Crippen LogP contribution in [0.5, 0.6) is 0 Å². The van der Waals surface area contributed by atoms with Gasteiger partial charge in [-0.1, -0.05) is 42.5 Å². The number of benzene rings is 2. The minimum Gasteiger partial charge on any atom is -0.326 e. The van der Waals surface area contributed by atoms with E-state index in [0.717, 1.165) is 16.6 Å². The monoisotopic (exact) mass is 235 g/mol. The summed E-state index contributed by atoms with van der Waals surface area (Å²) in [5.41, 5.74) is 3.31. The Kier molecular flexibility index (Phi) is 2.45. The number of aromatic nitrogens is 2. The fourth-order valence-electron chi connectivity index (χ4n) is 2.10. The van der Waals surface area contributed by atoms with Crippen LogP contribution in [-0.2, 0) is 7.05 Å². The highest BCUT2D eigenvalue weighted by Crippen LogP contribution is 2.16. The number of fused-ring (bicyclic) bond motifs is 1. The molecule has 3 aromatic rings. The summed E-state index contributed by atoms with van der Waals surface area (Å²) in [6, 6.07) is 17.6. The number of nitrogens with one attached hydrogen (secondary N) is 1. The van der Waals surface area contributed by atoms with Crippen molar-refractivity contribution in [3.8, 4) is 0 Å². The Hall–Kier alpha value is -2.42. The van der Waals surface area contributed by atoms with Crippen molar-refractivity contribution in [1.82, 2.24) is 9.55 Å². The highest BCUT2D eigenvalue weighted by molar-refractivity contribution is 6.10. The van der Waals surface area contributed by atoms with Crippen LogP contribution in [0.25, 0.3) is 11.0 Å². The van der Waals surface area contributed by atoms with Crippen molar-refractivity contribution in [3.05, 3.63) is 66.0 Å². The highest BCUT2D eigenvalue weighted by atomic mass is 15.1. The van der Waals surface area contributed by atoms with Crippen LogP contribution in [-0.4, -0.2) is 15.3 Å². The third kappa shape index (κ3) is 1.61. The van der Waals surface area contributed by atoms with Crippen LogP contribution >= 0.6 is 0 Å². The van der Waals surface area contributed by atoms with E-state index < -0.39 is 0 Å². The molecule has 0 aliphatic rings. The van der Waals surface area contributed by atoms with Crippen LogP contribution in [0.15, 0.2) is 54.6 Å². The predicted molar refractivity (Wildman–Crippen MR) is 73.1 cm³/mol. The van der Waals surface area contributed by atoms with Gasteiger partial charge in [0.05, 0.1) is 11.0 Å². The van der Waals surface area contributed by atoms with E-state index in [0.29, 0.717) is 11.5 Å². The van der Waals surface area contributed by atoms with E-state index in [4.69, 9.17) is 5.41 Å². The van der Waals surface area contributed by atoms with Gasteiger partial charge in [-0.15, -0.1) is 0 Å². The summed E-state index contributed by atoms with van der Waals surface area (Å²) in [4.78, 5) is 4.53. The topological polar surface area (TPSA) is 41.7 Å². The largest absolute Gasteiger partial charge is 0.326 e. The van der Waals surface area contributed by atoms with Gasteiger partial charge in [-0.2, -0.15) is 0 Å². The fraction of sp³-hybridized carbons (Fsp3) is 0.0667. The molecule has 1 aromatic heterocycles. The van der Waals surface area contributed by atoms with Gasteiger partial charge in [-0.3, -0.25) is 5.41 Å². The third-order valence-corrected chi connectivity index (χ3v) is 3.07. The molecule has 0 aliphatic carbocycles. The lowest BCUT2D eigenvalue weighted by atomic mass is 10.1. The molecule has 0 spiro atoms. The zero-order chi connectivity index (χ0) is 12.5. The van der Waals surface area contributed by atoms with Crippen LogP contribution in [0.3, 0.4) is 0 Å². The molecule has 1 heterocycles. The maximum atomic E-state index is 8.26. The fourth-order valence-corrected chi connectivity index (χ4v) is 2.10. The van der Waals surface area contributed by atoms with Gasteiger partial charge in [-0.05, 0) is 12.1 Å². The molecule has 0 saturated carbocycles. The number of imidazole rings is 1. The van der Waals surface area contributed by atoms with Crippen LogP contribution in [0.4, 0.5) is 0 Å². The summed E-state index contributed by atoms with van der Waals surface area (Å²) in [6.45, 7) is 0. The minimum atomic E-state index is 0.453. The smallest absolute Gasteiger partial charge is 0.159 e. The molecule has 0 amide bonds. The Morgan fingerprint density at radius 1 is 1.00 bits per heavy atom. The summed E-state index contributed by atoms with van der Waals surface area (Å²) in [5, 5.41) is 8.26. The second-order valence-corrected chi connectivity index (χ2v) is 4.22. The van der Waals surface area contributed by atoms with Gasteiger partial charge in [0.2, 0.25) is 0 Å². The molecule has 3 rings (SSSR count). The number of hydrogen-bond acceptors (Lipinski definition) is 2. The number of nitrogens with zero attached hydrogens (tertiary/aromatic N) is 2. The van der Waals surface area contributed by atoms with Crippen molar-refractivity contribution < 1.29 is 0 Å². The SMILES string of the molecule is Cn1c(C(=N)c2ccccc2)nc2ccccc21. The standard InChI is InChI=1S/C15H13N3/c1-18-13-10-6-5-9-12(13)17-15(18)14(16)11-7-3-2-4-8-11/h2-10,16H,1H3. The average Bonchev–Trinajstić information content (AvgIpc) is 2.77. The van der Waals surface area contributed by atoms with E-state index in [1.807, 2.05) is 66.2 Å². The van der Waals surface area contributed by atoms with E-state index in [1.54, 1.807) is 0 Å². The van der Waals surface area contributed by atoms with Crippen molar-refractivity contribution in [2.75, 3.05) is 0 Å². The van der Waals surface area contributed by atoms with Gasteiger partial charge in [0, 0.05) is 12.6 Å². The second kappa shape index (κ2) is 4.11. The van der Waals surface area contributed by atoms with E-state index in [9.17, 15) is 0 Å². The Labute approximate surface area is 105 Å². The molecule has 3 heteroatoms. The normalized spacial score (nSPS) is 10.7. The van der Waals surface area contributed by atoms with Crippen molar-refractivity contribution in [2.45, 2.75) is 0 Å². The minimum absolute atomic E-state index is 0.453. The van der Waals surface area contributed by atoms with Crippen LogP contribution < -0.4 is 0 Å². The molecule has 0 unspecified atom stereocenters. The van der Waals surface area contributed by atoms with E-state index in [-0.39, 0.29) is 0 Å². The third-order valence-electron chi connectivity index (χ3n) is 3.07. The summed E-state index contributed by atoms with van der Waals surface area (Å²) in [6.07, 6.45) is 0. The van der Waals surface area contributed by atoms with Crippen molar-refractivity contribution in [2.24, 2.45) is 7.05 Å². The zero-order valence-electron chi connectivity index (χ0n) is 10.1. The first-order chi connectivity index (χ1) is 8.77. The lowest BCUT2D eigenvalue weighted by Crippen LogP contribution is -2.08. The van der Waals surface area contributed by atoms with Crippen molar-refractivity contribution in [1.29, 1.82) is 5.41 Å². The van der Waals surface area contributed by atoms with E-state index >= 15 is 0 Å². The Balaban J connectivity index is 2.15. The number of hydrogen-bond donors (Lipinski definition) is 1. The van der Waals surface area contributed by atoms with Gasteiger partial charge in [0.1, 0.15) is 5.71 Å². The van der Waals surface area contributed by atoms with Gasteiger partial charge in [0.15, 0.2) is 5.82 Å². The Morgan fingerprint density at radius 2 is 1.67 bits per heavy atom. The number of para-hydroxylation sites is 2. The van der Waals surface area contributed by atoms with Gasteiger partial charge >= 0.3 is 0 Å². The molecule has 0 aliphatic heterocycles. The molecule has 0 saturated heterocycles. The average molecular weight is 235 g/mol. The lowest BCUT2D eigenvalue weighted by molar-refractivity contribution is 0.927. The highest BCUT2D eigenvalue weighted by Gasteiger charge is 2.12. The second-order valence-electron chi connectivity index (χ2n) is 4.22. The first-order valence-corrected chi connectivity index (χ1v) is 5.83. The Bertz CT molecular complexity index is 711. The molecule has 0 bridgehead atoms. The summed E-state index contributed by atoms with van der Waals surface area (Å²) < 4.78 is 1.96. The molecular formula is C15H13N3. The molecular weight excluding hydrogens is 222 g/mol. The van der Waals surface area contributed by atoms with Crippen LogP contribution in [0, 0.1) is 5.41 Å². The van der Waals surface area contributed by atoms with Crippen LogP contribution in [0.1, 0.15) is 11.4 Å². The molecule has 0 atom stereocenters. The molecule has 18 heavy (non-hydrogen) atoms. The van der Waals surface area contributed by atoms with E-state index in [1.165, 1.54) is 0 Å². The van der Waals surface area contributed by atoms with Crippen molar-refractivity contribution >= 4 is 16.7 Å². The van der Waals surface area contributed by atoms with Gasteiger partial charge in [0.25, 0.3) is 0 Å². The molecule has 88 valence electrons. The van der Waals surface area contributed by atoms with Gasteiger partial charge < -0.3 is 4.57 Å². The van der Waals surface area contributed by atoms with Crippen LogP contribution in [0.2, 0.25) is 0 Å². The first kappa shape index (κ1) is 10.7. The molecule has 0 radical (unpaired) electrons. The zero-order valence-corrected chi connectivity index (χ0v) is 10.1. The molecule has 2 aromatic carbocycles. The number of rotatable bonds is 2. The van der Waals surface area contributed by atoms with E-state index in [2.05, 4.69) is 4.98 Å². The quantitative estimate of drug-likeness (QED) is 0.682. The lowest BCUT2D eigenvalue weighted by Gasteiger charge is -2.04. The maximum absolute atomic E-state index is 8.26. The molecule has 0 fully saturated rings. The maximum Gasteiger partial charge on any atom is 0.159 e. The summed E-state index contributed by atoms with van der Waals surface area (Å²) in [5.74, 6) is 0.697. The van der Waals surface area contributed by atoms with Gasteiger partial charge in [-0.25, -0.2) is 4.98 Å². The number of aryl methyl sites for hydroxylation is 1. The predicted octanol–water partition coefficient (Wildman–Crippen LogP) is 2.99. The summed E-state index contributed by atoms with van der Waals surface area (Å²) in [7, 11) is 1.95. The Morgan fingerprint density at radius 3 is 2.39 bits per heavy atom. The molecule has 1 N–H and O–H groups in total. The summed E-state index contributed by atoms with van der Waals surface area (Å²) >= 11 is 0.